The maximum Gasteiger partial charge on any atom is 0.252 e. The van der Waals surface area contributed by atoms with Crippen molar-refractivity contribution in [2.75, 3.05) is 6.54 Å². The fraction of sp³-hybridized carbons (Fsp3) is 0.462. The van der Waals surface area contributed by atoms with Crippen molar-refractivity contribution in [2.24, 2.45) is 11.7 Å². The molecule has 1 aromatic rings. The highest BCUT2D eigenvalue weighted by atomic mass is 79.9. The van der Waals surface area contributed by atoms with Gasteiger partial charge in [-0.05, 0) is 59.8 Å². The second kappa shape index (κ2) is 6.20. The first-order valence-corrected chi connectivity index (χ1v) is 6.73. The fourth-order valence-electron chi connectivity index (χ4n) is 2.04. The summed E-state index contributed by atoms with van der Waals surface area (Å²) >= 11 is 3.20. The van der Waals surface area contributed by atoms with Crippen LogP contribution in [0.1, 0.15) is 30.1 Å². The number of amides is 1. The molecule has 6 heteroatoms. The Balaban J connectivity index is 0.00000180. The lowest BCUT2D eigenvalue weighted by Crippen LogP contribution is -2.53. The van der Waals surface area contributed by atoms with Gasteiger partial charge in [0.2, 0.25) is 0 Å². The Kier molecular flexibility index (Phi) is 5.35. The molecule has 3 N–H and O–H groups in total. The first kappa shape index (κ1) is 16.4. The number of halogens is 3. The Morgan fingerprint density at radius 2 is 2.21 bits per heavy atom. The zero-order valence-electron chi connectivity index (χ0n) is 10.6. The van der Waals surface area contributed by atoms with E-state index >= 15 is 0 Å². The lowest BCUT2D eigenvalue weighted by Gasteiger charge is -2.29. The summed E-state index contributed by atoms with van der Waals surface area (Å²) in [5.41, 5.74) is 5.81. The van der Waals surface area contributed by atoms with Crippen LogP contribution in [0.25, 0.3) is 0 Å². The topological polar surface area (TPSA) is 55.1 Å². The molecule has 1 amide bonds. The van der Waals surface area contributed by atoms with E-state index in [1.54, 1.807) is 0 Å². The summed E-state index contributed by atoms with van der Waals surface area (Å²) in [4.78, 5) is 12.2. The minimum atomic E-state index is -0.373. The van der Waals surface area contributed by atoms with Gasteiger partial charge in [0.25, 0.3) is 5.91 Å². The molecule has 1 atom stereocenters. The van der Waals surface area contributed by atoms with Gasteiger partial charge in [-0.25, -0.2) is 4.39 Å². The quantitative estimate of drug-likeness (QED) is 0.876. The largest absolute Gasteiger partial charge is 0.345 e. The Labute approximate surface area is 126 Å². The molecule has 1 unspecified atom stereocenters. The van der Waals surface area contributed by atoms with Crippen molar-refractivity contribution < 1.29 is 9.18 Å². The van der Waals surface area contributed by atoms with Crippen LogP contribution < -0.4 is 11.1 Å². The van der Waals surface area contributed by atoms with Crippen LogP contribution >= 0.6 is 28.3 Å². The van der Waals surface area contributed by atoms with E-state index in [1.807, 2.05) is 6.92 Å². The molecular formula is C13H17BrClFN2O. The van der Waals surface area contributed by atoms with Gasteiger partial charge in [0.15, 0.2) is 0 Å². The number of carbonyl (C=O) groups is 1. The molecular weight excluding hydrogens is 335 g/mol. The van der Waals surface area contributed by atoms with E-state index < -0.39 is 0 Å². The number of hydrogen-bond donors (Lipinski definition) is 2. The number of benzene rings is 1. The van der Waals surface area contributed by atoms with E-state index in [4.69, 9.17) is 5.73 Å². The summed E-state index contributed by atoms with van der Waals surface area (Å²) in [6.45, 7) is 2.36. The van der Waals surface area contributed by atoms with E-state index in [-0.39, 0.29) is 29.7 Å². The molecule has 0 bridgehead atoms. The zero-order valence-corrected chi connectivity index (χ0v) is 13.0. The summed E-state index contributed by atoms with van der Waals surface area (Å²) in [7, 11) is 0. The van der Waals surface area contributed by atoms with Crippen LogP contribution in [-0.2, 0) is 0 Å². The molecule has 1 aliphatic rings. The summed E-state index contributed by atoms with van der Waals surface area (Å²) in [5.74, 6) is -0.144. The van der Waals surface area contributed by atoms with Gasteiger partial charge in [-0.3, -0.25) is 4.79 Å². The maximum absolute atomic E-state index is 13.0. The van der Waals surface area contributed by atoms with E-state index in [2.05, 4.69) is 21.2 Å². The molecule has 1 saturated carbocycles. The van der Waals surface area contributed by atoms with Gasteiger partial charge >= 0.3 is 0 Å². The third-order valence-corrected chi connectivity index (χ3v) is 4.13. The number of carbonyl (C=O) groups excluding carboxylic acids is 1. The molecule has 19 heavy (non-hydrogen) atoms. The molecule has 106 valence electrons. The first-order chi connectivity index (χ1) is 8.46. The zero-order chi connectivity index (χ0) is 13.3. The molecule has 0 heterocycles. The molecule has 0 saturated heterocycles. The van der Waals surface area contributed by atoms with Crippen LogP contribution in [0.3, 0.4) is 0 Å². The molecule has 1 aliphatic carbocycles. The molecule has 2 rings (SSSR count). The average molecular weight is 352 g/mol. The van der Waals surface area contributed by atoms with Crippen molar-refractivity contribution >= 4 is 34.2 Å². The minimum Gasteiger partial charge on any atom is -0.345 e. The van der Waals surface area contributed by atoms with Crippen LogP contribution in [-0.4, -0.2) is 18.0 Å². The van der Waals surface area contributed by atoms with Gasteiger partial charge in [-0.15, -0.1) is 12.4 Å². The SMILES string of the molecule is CC(CN)(NC(=O)c1ccc(F)cc1Br)C1CC1.Cl. The predicted molar refractivity (Wildman–Crippen MR) is 79.0 cm³/mol. The van der Waals surface area contributed by atoms with Crippen LogP contribution in [0.4, 0.5) is 4.39 Å². The van der Waals surface area contributed by atoms with Gasteiger partial charge < -0.3 is 11.1 Å². The van der Waals surface area contributed by atoms with Gasteiger partial charge in [0.05, 0.1) is 11.1 Å². The smallest absolute Gasteiger partial charge is 0.252 e. The van der Waals surface area contributed by atoms with E-state index in [1.165, 1.54) is 18.2 Å². The van der Waals surface area contributed by atoms with Crippen molar-refractivity contribution in [3.8, 4) is 0 Å². The summed E-state index contributed by atoms with van der Waals surface area (Å²) in [6, 6.07) is 4.03. The summed E-state index contributed by atoms with van der Waals surface area (Å²) in [6.07, 6.45) is 2.19. The first-order valence-electron chi connectivity index (χ1n) is 5.94. The summed E-state index contributed by atoms with van der Waals surface area (Å²) in [5, 5.41) is 2.97. The third-order valence-electron chi connectivity index (χ3n) is 3.48. The standard InChI is InChI=1S/C13H16BrFN2O.ClH/c1-13(7-16,8-2-3-8)17-12(18)10-5-4-9(15)6-11(10)14;/h4-6,8H,2-3,7,16H2,1H3,(H,17,18);1H. The number of rotatable bonds is 4. The third kappa shape index (κ3) is 3.68. The molecule has 3 nitrogen and oxygen atoms in total. The van der Waals surface area contributed by atoms with E-state index in [0.29, 0.717) is 22.5 Å². The second-order valence-electron chi connectivity index (χ2n) is 4.97. The number of nitrogens with one attached hydrogen (secondary N) is 1. The van der Waals surface area contributed by atoms with Crippen LogP contribution in [0.15, 0.2) is 22.7 Å². The lowest BCUT2D eigenvalue weighted by atomic mass is 9.95. The highest BCUT2D eigenvalue weighted by Gasteiger charge is 2.41. The van der Waals surface area contributed by atoms with Crippen molar-refractivity contribution in [2.45, 2.75) is 25.3 Å². The van der Waals surface area contributed by atoms with Crippen molar-refractivity contribution in [1.82, 2.24) is 5.32 Å². The predicted octanol–water partition coefficient (Wildman–Crippen LogP) is 2.87. The molecule has 0 spiro atoms. The van der Waals surface area contributed by atoms with Crippen molar-refractivity contribution in [3.63, 3.8) is 0 Å². The molecule has 1 aromatic carbocycles. The van der Waals surface area contributed by atoms with Gasteiger partial charge in [-0.2, -0.15) is 0 Å². The minimum absolute atomic E-state index is 0. The van der Waals surface area contributed by atoms with E-state index in [9.17, 15) is 9.18 Å². The number of nitrogens with two attached hydrogens (primary N) is 1. The highest BCUT2D eigenvalue weighted by Crippen LogP contribution is 2.39. The fourth-order valence-corrected chi connectivity index (χ4v) is 2.57. The monoisotopic (exact) mass is 350 g/mol. The Bertz CT molecular complexity index is 482. The van der Waals surface area contributed by atoms with Gasteiger partial charge in [-0.1, -0.05) is 0 Å². The highest BCUT2D eigenvalue weighted by molar-refractivity contribution is 9.10. The molecule has 0 aromatic heterocycles. The number of hydrogen-bond acceptors (Lipinski definition) is 2. The summed E-state index contributed by atoms with van der Waals surface area (Å²) < 4.78 is 13.4. The van der Waals surface area contributed by atoms with Crippen LogP contribution in [0.5, 0.6) is 0 Å². The molecule has 0 radical (unpaired) electrons. The van der Waals surface area contributed by atoms with Crippen LogP contribution in [0, 0.1) is 11.7 Å². The van der Waals surface area contributed by atoms with Gasteiger partial charge in [0, 0.05) is 11.0 Å². The Morgan fingerprint density at radius 1 is 1.58 bits per heavy atom. The molecule has 1 fully saturated rings. The lowest BCUT2D eigenvalue weighted by molar-refractivity contribution is 0.0897. The van der Waals surface area contributed by atoms with Crippen LogP contribution in [0.2, 0.25) is 0 Å². The maximum atomic E-state index is 13.0. The van der Waals surface area contributed by atoms with E-state index in [0.717, 1.165) is 12.8 Å². The van der Waals surface area contributed by atoms with Gasteiger partial charge in [0.1, 0.15) is 5.82 Å². The van der Waals surface area contributed by atoms with Crippen molar-refractivity contribution in [1.29, 1.82) is 0 Å². The normalized spacial score (nSPS) is 17.3. The Morgan fingerprint density at radius 3 is 2.68 bits per heavy atom. The Hall–Kier alpha value is -0.650. The molecule has 0 aliphatic heterocycles. The van der Waals surface area contributed by atoms with Crippen molar-refractivity contribution in [3.05, 3.63) is 34.1 Å². The average Bonchev–Trinajstić information content (AvgIpc) is 3.12. The second-order valence-corrected chi connectivity index (χ2v) is 5.83.